The summed E-state index contributed by atoms with van der Waals surface area (Å²) in [6.45, 7) is 0. The zero-order valence-electron chi connectivity index (χ0n) is 11.0. The second-order valence-corrected chi connectivity index (χ2v) is 4.49. The van der Waals surface area contributed by atoms with Gasteiger partial charge in [-0.25, -0.2) is 5.32 Å². The van der Waals surface area contributed by atoms with E-state index in [1.165, 1.54) is 0 Å². The first-order valence-electron chi connectivity index (χ1n) is 6.59. The molecule has 0 saturated heterocycles. The summed E-state index contributed by atoms with van der Waals surface area (Å²) in [6.07, 6.45) is 0. The molecule has 0 fully saturated rings. The van der Waals surface area contributed by atoms with Crippen molar-refractivity contribution in [2.45, 2.75) is 0 Å². The molecule has 0 aromatic heterocycles. The van der Waals surface area contributed by atoms with Gasteiger partial charge in [0.05, 0.1) is 11.4 Å². The first kappa shape index (κ1) is 12.3. The van der Waals surface area contributed by atoms with Crippen molar-refractivity contribution in [2.24, 2.45) is 0 Å². The van der Waals surface area contributed by atoms with Gasteiger partial charge in [-0.2, -0.15) is 0 Å². The molecule has 3 aromatic carbocycles. The molecule has 3 aromatic rings. The average molecular weight is 259 g/mol. The Morgan fingerprint density at radius 2 is 1.00 bits per heavy atom. The molecule has 0 aliphatic carbocycles. The minimum Gasteiger partial charge on any atom is -0.356 e. The number of nitrogens with zero attached hydrogens (tertiary/aromatic N) is 1. The average Bonchev–Trinajstić information content (AvgIpc) is 2.51. The second kappa shape index (κ2) is 5.93. The van der Waals surface area contributed by atoms with Crippen LogP contribution < -0.4 is 10.6 Å². The first-order chi connectivity index (χ1) is 9.90. The molecule has 0 amide bonds. The molecule has 0 spiro atoms. The van der Waals surface area contributed by atoms with Crippen molar-refractivity contribution in [3.05, 3.63) is 84.9 Å². The molecule has 0 bridgehead atoms. The maximum Gasteiger partial charge on any atom is 0.0638 e. The number of hydrogen-bond donors (Lipinski definition) is 1. The van der Waals surface area contributed by atoms with Gasteiger partial charge in [0.25, 0.3) is 0 Å². The summed E-state index contributed by atoms with van der Waals surface area (Å²) >= 11 is 0. The van der Waals surface area contributed by atoms with Crippen LogP contribution in [0.3, 0.4) is 0 Å². The highest BCUT2D eigenvalue weighted by molar-refractivity contribution is 5.62. The number of benzene rings is 3. The lowest BCUT2D eigenvalue weighted by Gasteiger charge is -2.07. The van der Waals surface area contributed by atoms with Crippen molar-refractivity contribution in [3.8, 4) is 0 Å². The Morgan fingerprint density at radius 3 is 1.65 bits per heavy atom. The maximum atomic E-state index is 4.56. The third-order valence-electron chi connectivity index (χ3n) is 2.94. The normalized spacial score (nSPS) is 10.0. The Bertz CT molecular complexity index is 586. The molecular formula is C18H15N2. The Hall–Kier alpha value is -2.74. The van der Waals surface area contributed by atoms with E-state index in [9.17, 15) is 0 Å². The van der Waals surface area contributed by atoms with Gasteiger partial charge in [0.1, 0.15) is 0 Å². The number of para-hydroxylation sites is 2. The summed E-state index contributed by atoms with van der Waals surface area (Å²) in [5.41, 5.74) is 4.06. The van der Waals surface area contributed by atoms with Gasteiger partial charge in [0, 0.05) is 11.4 Å². The van der Waals surface area contributed by atoms with Crippen LogP contribution in [0.25, 0.3) is 0 Å². The molecule has 20 heavy (non-hydrogen) atoms. The zero-order valence-corrected chi connectivity index (χ0v) is 11.0. The van der Waals surface area contributed by atoms with Crippen molar-refractivity contribution < 1.29 is 0 Å². The van der Waals surface area contributed by atoms with E-state index in [1.807, 2.05) is 84.9 Å². The predicted octanol–water partition coefficient (Wildman–Crippen LogP) is 5.00. The fraction of sp³-hybridized carbons (Fsp3) is 0. The van der Waals surface area contributed by atoms with E-state index in [-0.39, 0.29) is 0 Å². The fourth-order valence-corrected chi connectivity index (χ4v) is 1.96. The molecule has 3 rings (SSSR count). The highest BCUT2D eigenvalue weighted by atomic mass is 14.9. The Morgan fingerprint density at radius 1 is 0.500 bits per heavy atom. The van der Waals surface area contributed by atoms with E-state index in [0.717, 1.165) is 22.7 Å². The number of anilines is 2. The number of nitrogens with one attached hydrogen (secondary N) is 1. The second-order valence-electron chi connectivity index (χ2n) is 4.49. The monoisotopic (exact) mass is 259 g/mol. The van der Waals surface area contributed by atoms with Crippen molar-refractivity contribution in [1.82, 2.24) is 5.32 Å². The van der Waals surface area contributed by atoms with Crippen LogP contribution in [-0.2, 0) is 0 Å². The van der Waals surface area contributed by atoms with E-state index in [0.29, 0.717) is 0 Å². The summed E-state index contributed by atoms with van der Waals surface area (Å²) in [5, 5.41) is 7.91. The van der Waals surface area contributed by atoms with E-state index < -0.39 is 0 Å². The molecule has 0 aliphatic heterocycles. The molecule has 0 atom stereocenters. The zero-order chi connectivity index (χ0) is 13.6. The molecule has 0 heterocycles. The third-order valence-corrected chi connectivity index (χ3v) is 2.94. The van der Waals surface area contributed by atoms with Gasteiger partial charge in [-0.05, 0) is 48.5 Å². The van der Waals surface area contributed by atoms with Gasteiger partial charge in [-0.3, -0.25) is 0 Å². The summed E-state index contributed by atoms with van der Waals surface area (Å²) in [4.78, 5) is 0. The summed E-state index contributed by atoms with van der Waals surface area (Å²) in [5.74, 6) is 0. The Balaban J connectivity index is 1.69. The van der Waals surface area contributed by atoms with Crippen LogP contribution in [0.1, 0.15) is 0 Å². The molecule has 0 unspecified atom stereocenters. The Kier molecular flexibility index (Phi) is 3.65. The molecule has 97 valence electrons. The van der Waals surface area contributed by atoms with Crippen LogP contribution in [0, 0.1) is 0 Å². The van der Waals surface area contributed by atoms with Crippen molar-refractivity contribution >= 4 is 22.7 Å². The van der Waals surface area contributed by atoms with Crippen LogP contribution >= 0.6 is 0 Å². The predicted molar refractivity (Wildman–Crippen MR) is 84.1 cm³/mol. The summed E-state index contributed by atoms with van der Waals surface area (Å²) < 4.78 is 0. The van der Waals surface area contributed by atoms with Crippen LogP contribution in [0.2, 0.25) is 0 Å². The highest BCUT2D eigenvalue weighted by Gasteiger charge is 1.97. The van der Waals surface area contributed by atoms with Gasteiger partial charge in [-0.1, -0.05) is 36.4 Å². The van der Waals surface area contributed by atoms with Crippen LogP contribution in [0.4, 0.5) is 22.7 Å². The lowest BCUT2D eigenvalue weighted by molar-refractivity contribution is 1.19. The lowest BCUT2D eigenvalue weighted by Crippen LogP contribution is -1.91. The third kappa shape index (κ3) is 3.18. The van der Waals surface area contributed by atoms with Crippen LogP contribution in [-0.4, -0.2) is 0 Å². The van der Waals surface area contributed by atoms with Gasteiger partial charge >= 0.3 is 0 Å². The van der Waals surface area contributed by atoms with Gasteiger partial charge in [0.15, 0.2) is 0 Å². The maximum absolute atomic E-state index is 4.56. The summed E-state index contributed by atoms with van der Waals surface area (Å²) in [7, 11) is 0. The van der Waals surface area contributed by atoms with Crippen molar-refractivity contribution in [3.63, 3.8) is 0 Å². The molecule has 1 radical (unpaired) electrons. The molecule has 2 nitrogen and oxygen atoms in total. The number of rotatable bonds is 4. The highest BCUT2D eigenvalue weighted by Crippen LogP contribution is 2.21. The van der Waals surface area contributed by atoms with Gasteiger partial charge in [-0.15, -0.1) is 0 Å². The quantitative estimate of drug-likeness (QED) is 0.701. The van der Waals surface area contributed by atoms with Crippen LogP contribution in [0.15, 0.2) is 84.9 Å². The van der Waals surface area contributed by atoms with E-state index in [4.69, 9.17) is 0 Å². The summed E-state index contributed by atoms with van der Waals surface area (Å²) in [6, 6.07) is 28.2. The van der Waals surface area contributed by atoms with E-state index in [2.05, 4.69) is 10.6 Å². The van der Waals surface area contributed by atoms with Gasteiger partial charge in [0.2, 0.25) is 0 Å². The standard InChI is InChI=1S/C18H15N2/c1-3-7-15(8-4-1)19-17-11-13-18(14-12-17)20-16-9-5-2-6-10-16/h1-14,19H. The van der Waals surface area contributed by atoms with E-state index in [1.54, 1.807) is 0 Å². The van der Waals surface area contributed by atoms with E-state index >= 15 is 0 Å². The Labute approximate surface area is 119 Å². The van der Waals surface area contributed by atoms with Crippen molar-refractivity contribution in [1.29, 1.82) is 0 Å². The fourth-order valence-electron chi connectivity index (χ4n) is 1.96. The topological polar surface area (TPSA) is 26.1 Å². The smallest absolute Gasteiger partial charge is 0.0638 e. The molecule has 1 N–H and O–H groups in total. The minimum absolute atomic E-state index is 0.954. The lowest BCUT2D eigenvalue weighted by atomic mass is 10.2. The SMILES string of the molecule is c1ccc([N]c2ccc(Nc3ccccc3)cc2)cc1. The minimum atomic E-state index is 0.954. The number of hydrogen-bond acceptors (Lipinski definition) is 1. The molecule has 0 aliphatic rings. The first-order valence-corrected chi connectivity index (χ1v) is 6.59. The van der Waals surface area contributed by atoms with Gasteiger partial charge < -0.3 is 5.32 Å². The molecular weight excluding hydrogens is 244 g/mol. The van der Waals surface area contributed by atoms with Crippen molar-refractivity contribution in [2.75, 3.05) is 5.32 Å². The largest absolute Gasteiger partial charge is 0.356 e. The van der Waals surface area contributed by atoms with Crippen LogP contribution in [0.5, 0.6) is 0 Å². The molecule has 0 saturated carbocycles. The molecule has 2 heteroatoms.